The van der Waals surface area contributed by atoms with Crippen LogP contribution in [0, 0.1) is 5.92 Å². The molecular weight excluding hydrogens is 337 g/mol. The van der Waals surface area contributed by atoms with Crippen molar-refractivity contribution < 1.29 is 23.4 Å². The lowest BCUT2D eigenvalue weighted by Crippen LogP contribution is -2.37. The molecule has 2 unspecified atom stereocenters. The van der Waals surface area contributed by atoms with Gasteiger partial charge in [-0.1, -0.05) is 85.0 Å². The van der Waals surface area contributed by atoms with Crippen LogP contribution in [0.5, 0.6) is 0 Å². The Labute approximate surface area is 157 Å². The summed E-state index contributed by atoms with van der Waals surface area (Å²) in [5.41, 5.74) is 0. The van der Waals surface area contributed by atoms with Crippen molar-refractivity contribution in [3.8, 4) is 0 Å². The van der Waals surface area contributed by atoms with E-state index in [0.29, 0.717) is 11.0 Å². The van der Waals surface area contributed by atoms with Crippen molar-refractivity contribution in [2.45, 2.75) is 85.0 Å². The molecule has 0 saturated carbocycles. The summed E-state index contributed by atoms with van der Waals surface area (Å²) in [6.45, 7) is 7.47. The van der Waals surface area contributed by atoms with Gasteiger partial charge in [0.1, 0.15) is 13.2 Å². The van der Waals surface area contributed by atoms with Crippen LogP contribution in [0.15, 0.2) is 0 Å². The molecule has 0 aliphatic heterocycles. The molecule has 0 rings (SSSR count). The van der Waals surface area contributed by atoms with Crippen LogP contribution < -0.4 is 4.89 Å². The van der Waals surface area contributed by atoms with Crippen LogP contribution in [-0.4, -0.2) is 43.7 Å². The predicted molar refractivity (Wildman–Crippen MR) is 105 cm³/mol. The molecule has 25 heavy (non-hydrogen) atoms. The lowest BCUT2D eigenvalue weighted by atomic mass is 9.91. The number of phosphoric acid groups is 1. The number of rotatable bonds is 14. The number of hydrogen-bond acceptors (Lipinski definition) is 3. The Hall–Kier alpha value is 0.0700. The van der Waals surface area contributed by atoms with E-state index in [1.807, 2.05) is 21.1 Å². The first-order valence-electron chi connectivity index (χ1n) is 10.0. The van der Waals surface area contributed by atoms with Crippen molar-refractivity contribution in [3.05, 3.63) is 0 Å². The Bertz CT molecular complexity index is 326. The molecule has 0 aliphatic rings. The predicted octanol–water partition coefficient (Wildman–Crippen LogP) is 4.73. The standard InChI is InChI=1S/C14H30.C5H14NO4P/c1-4-7-9-10-13-14(11-6-3)12-8-5-2;1-6(2,3)4-5-10-11(7,8)9/h14H,4-13H2,1-3H3;4-5H2,1-3H3,(H-,7,8,9). The van der Waals surface area contributed by atoms with Crippen LogP contribution in [-0.2, 0) is 9.09 Å². The van der Waals surface area contributed by atoms with Crippen molar-refractivity contribution in [2.75, 3.05) is 34.3 Å². The maximum Gasteiger partial charge on any atom is 0.265 e. The summed E-state index contributed by atoms with van der Waals surface area (Å²) in [5, 5.41) is 0. The van der Waals surface area contributed by atoms with Gasteiger partial charge in [-0.3, -0.25) is 4.57 Å². The minimum absolute atomic E-state index is 0.0147. The smallest absolute Gasteiger partial charge is 0.265 e. The molecule has 1 N–H and O–H groups in total. The molecule has 0 saturated heterocycles. The molecule has 0 spiro atoms. The summed E-state index contributed by atoms with van der Waals surface area (Å²) in [5.74, 6) is 1.04. The fourth-order valence-corrected chi connectivity index (χ4v) is 2.94. The summed E-state index contributed by atoms with van der Waals surface area (Å²) in [7, 11) is 1.19. The molecule has 2 atom stereocenters. The van der Waals surface area contributed by atoms with E-state index in [1.165, 1.54) is 64.2 Å². The Balaban J connectivity index is 0. The van der Waals surface area contributed by atoms with Gasteiger partial charge in [-0.25, -0.2) is 0 Å². The monoisotopic (exact) mass is 381 g/mol. The summed E-state index contributed by atoms with van der Waals surface area (Å²) in [6.07, 6.45) is 14.4. The largest absolute Gasteiger partial charge is 0.756 e. The normalized spacial score (nSPS) is 15.2. The minimum Gasteiger partial charge on any atom is -0.756 e. The van der Waals surface area contributed by atoms with Crippen LogP contribution in [0.3, 0.4) is 0 Å². The summed E-state index contributed by atoms with van der Waals surface area (Å²) in [4.78, 5) is 18.3. The fourth-order valence-electron chi connectivity index (χ4n) is 2.62. The topological polar surface area (TPSA) is 69.6 Å². The van der Waals surface area contributed by atoms with Gasteiger partial charge >= 0.3 is 0 Å². The van der Waals surface area contributed by atoms with Gasteiger partial charge in [0.15, 0.2) is 0 Å². The summed E-state index contributed by atoms with van der Waals surface area (Å²) in [6, 6.07) is 0. The minimum atomic E-state index is -4.51. The van der Waals surface area contributed by atoms with Gasteiger partial charge in [-0.2, -0.15) is 0 Å². The van der Waals surface area contributed by atoms with Crippen LogP contribution in [0.2, 0.25) is 0 Å². The van der Waals surface area contributed by atoms with Crippen molar-refractivity contribution in [3.63, 3.8) is 0 Å². The lowest BCUT2D eigenvalue weighted by molar-refractivity contribution is -0.870. The summed E-state index contributed by atoms with van der Waals surface area (Å²) < 4.78 is 14.8. The highest BCUT2D eigenvalue weighted by molar-refractivity contribution is 7.44. The SMILES string of the molecule is CCCCCCC(CCC)CCCC.C[N+](C)(C)CCOP(=O)([O-])O. The van der Waals surface area contributed by atoms with E-state index >= 15 is 0 Å². The second-order valence-corrected chi connectivity index (χ2v) is 9.16. The molecule has 0 fully saturated rings. The van der Waals surface area contributed by atoms with Crippen molar-refractivity contribution in [2.24, 2.45) is 5.92 Å². The van der Waals surface area contributed by atoms with Gasteiger partial charge in [0.25, 0.3) is 7.82 Å². The van der Waals surface area contributed by atoms with Gasteiger partial charge in [-0.15, -0.1) is 0 Å². The highest BCUT2D eigenvalue weighted by Gasteiger charge is 2.09. The lowest BCUT2D eigenvalue weighted by Gasteiger charge is -2.25. The van der Waals surface area contributed by atoms with Crippen LogP contribution in [0.1, 0.15) is 85.0 Å². The first kappa shape index (κ1) is 27.3. The maximum atomic E-state index is 10.1. The number of likely N-dealkylation sites (N-methyl/N-ethyl adjacent to an activating group) is 1. The highest BCUT2D eigenvalue weighted by Crippen LogP contribution is 2.29. The van der Waals surface area contributed by atoms with Gasteiger partial charge in [0, 0.05) is 0 Å². The fraction of sp³-hybridized carbons (Fsp3) is 1.00. The third-order valence-electron chi connectivity index (χ3n) is 4.15. The molecule has 6 heteroatoms. The molecule has 0 heterocycles. The average molecular weight is 382 g/mol. The van der Waals surface area contributed by atoms with E-state index in [1.54, 1.807) is 0 Å². The third kappa shape index (κ3) is 26.4. The number of nitrogens with zero attached hydrogens (tertiary/aromatic N) is 1. The zero-order valence-electron chi connectivity index (χ0n) is 17.6. The molecule has 154 valence electrons. The maximum absolute atomic E-state index is 10.1. The van der Waals surface area contributed by atoms with E-state index in [9.17, 15) is 9.46 Å². The third-order valence-corrected chi connectivity index (χ3v) is 4.65. The van der Waals surface area contributed by atoms with Gasteiger partial charge in [-0.05, 0) is 5.92 Å². The molecule has 5 nitrogen and oxygen atoms in total. The van der Waals surface area contributed by atoms with Crippen LogP contribution >= 0.6 is 7.82 Å². The van der Waals surface area contributed by atoms with Crippen molar-refractivity contribution in [1.29, 1.82) is 0 Å². The van der Waals surface area contributed by atoms with E-state index in [0.717, 1.165) is 5.92 Å². The molecule has 0 aromatic heterocycles. The second kappa shape index (κ2) is 16.3. The Morgan fingerprint density at radius 3 is 1.92 bits per heavy atom. The van der Waals surface area contributed by atoms with E-state index in [4.69, 9.17) is 4.89 Å². The molecule has 0 aromatic rings. The van der Waals surface area contributed by atoms with Crippen LogP contribution in [0.4, 0.5) is 0 Å². The second-order valence-electron chi connectivity index (χ2n) is 7.96. The average Bonchev–Trinajstić information content (AvgIpc) is 2.47. The molecule has 0 aromatic carbocycles. The van der Waals surface area contributed by atoms with E-state index < -0.39 is 7.82 Å². The van der Waals surface area contributed by atoms with Gasteiger partial charge in [0.2, 0.25) is 0 Å². The van der Waals surface area contributed by atoms with Crippen molar-refractivity contribution >= 4 is 7.82 Å². The molecule has 0 bridgehead atoms. The Morgan fingerprint density at radius 1 is 0.920 bits per heavy atom. The molecule has 0 amide bonds. The zero-order valence-corrected chi connectivity index (χ0v) is 18.5. The molecular formula is C19H44NO4P. The summed E-state index contributed by atoms with van der Waals surface area (Å²) >= 11 is 0. The van der Waals surface area contributed by atoms with Gasteiger partial charge in [0.05, 0.1) is 21.1 Å². The number of unbranched alkanes of at least 4 members (excludes halogenated alkanes) is 4. The zero-order chi connectivity index (χ0) is 19.8. The Kier molecular flexibility index (Phi) is 17.7. The van der Waals surface area contributed by atoms with E-state index in [2.05, 4.69) is 25.3 Å². The quantitative estimate of drug-likeness (QED) is 0.268. The number of phosphoric ester groups is 1. The first-order valence-corrected chi connectivity index (χ1v) is 11.5. The van der Waals surface area contributed by atoms with Gasteiger partial charge < -0.3 is 18.8 Å². The van der Waals surface area contributed by atoms with Crippen LogP contribution in [0.25, 0.3) is 0 Å². The molecule has 0 radical (unpaired) electrons. The number of hydrogen-bond donors (Lipinski definition) is 1. The Morgan fingerprint density at radius 2 is 1.48 bits per heavy atom. The first-order chi connectivity index (χ1) is 11.6. The van der Waals surface area contributed by atoms with E-state index in [-0.39, 0.29) is 6.61 Å². The number of quaternary nitrogens is 1. The molecule has 0 aliphatic carbocycles. The highest BCUT2D eigenvalue weighted by atomic mass is 31.2. The van der Waals surface area contributed by atoms with Crippen molar-refractivity contribution in [1.82, 2.24) is 0 Å².